The van der Waals surface area contributed by atoms with Crippen LogP contribution in [0.1, 0.15) is 0 Å². The molecule has 0 N–H and O–H groups in total. The number of benzene rings is 7. The van der Waals surface area contributed by atoms with E-state index in [1.807, 2.05) is 36.4 Å². The van der Waals surface area contributed by atoms with Gasteiger partial charge in [-0.3, -0.25) is 4.57 Å². The summed E-state index contributed by atoms with van der Waals surface area (Å²) < 4.78 is 4.27. The number of hydrogen-bond donors (Lipinski definition) is 0. The zero-order valence-corrected chi connectivity index (χ0v) is 30.2. The minimum atomic E-state index is 0.574. The number of nitrogens with zero attached hydrogens (tertiary/aromatic N) is 6. The molecule has 0 aliphatic heterocycles. The average molecular weight is 717 g/mol. The van der Waals surface area contributed by atoms with Gasteiger partial charge in [0.1, 0.15) is 5.69 Å². The highest BCUT2D eigenvalue weighted by Crippen LogP contribution is 2.41. The van der Waals surface area contributed by atoms with E-state index in [-0.39, 0.29) is 0 Å². The van der Waals surface area contributed by atoms with Crippen molar-refractivity contribution in [2.45, 2.75) is 0 Å². The highest BCUT2D eigenvalue weighted by Gasteiger charge is 2.22. The van der Waals surface area contributed by atoms with Crippen LogP contribution >= 0.6 is 0 Å². The first-order chi connectivity index (χ1) is 27.8. The molecule has 0 saturated heterocycles. The lowest BCUT2D eigenvalue weighted by Crippen LogP contribution is -2.06. The van der Waals surface area contributed by atoms with Gasteiger partial charge in [-0.1, -0.05) is 176 Å². The molecule has 0 fully saturated rings. The molecular weight excluding hydrogens is 685 g/mol. The lowest BCUT2D eigenvalue weighted by Gasteiger charge is -2.12. The highest BCUT2D eigenvalue weighted by molar-refractivity contribution is 6.10. The molecule has 6 nitrogen and oxygen atoms in total. The van der Waals surface area contributed by atoms with E-state index in [1.165, 1.54) is 0 Å². The summed E-state index contributed by atoms with van der Waals surface area (Å²) in [5, 5.41) is 9.99. The van der Waals surface area contributed by atoms with E-state index in [9.17, 15) is 0 Å². The number of fused-ring (bicyclic) bond motifs is 6. The molecule has 0 aliphatic rings. The minimum Gasteiger partial charge on any atom is -0.278 e. The van der Waals surface area contributed by atoms with E-state index in [1.54, 1.807) is 0 Å². The van der Waals surface area contributed by atoms with Crippen molar-refractivity contribution in [3.63, 3.8) is 0 Å². The van der Waals surface area contributed by atoms with Gasteiger partial charge in [-0.15, -0.1) is 0 Å². The maximum atomic E-state index is 5.38. The molecule has 0 radical (unpaired) electrons. The van der Waals surface area contributed by atoms with Gasteiger partial charge in [0.05, 0.1) is 22.2 Å². The van der Waals surface area contributed by atoms with Crippen LogP contribution in [0, 0.1) is 0 Å². The monoisotopic (exact) mass is 716 g/mol. The molecule has 0 amide bonds. The van der Waals surface area contributed by atoms with Crippen LogP contribution in [0.4, 0.5) is 0 Å². The minimum absolute atomic E-state index is 0.574. The van der Waals surface area contributed by atoms with Crippen molar-refractivity contribution in [1.82, 2.24) is 29.1 Å². The van der Waals surface area contributed by atoms with E-state index < -0.39 is 0 Å². The summed E-state index contributed by atoms with van der Waals surface area (Å²) in [7, 11) is 0. The summed E-state index contributed by atoms with van der Waals surface area (Å²) in [6, 6.07) is 67.3. The molecule has 7 aromatic carbocycles. The lowest BCUT2D eigenvalue weighted by molar-refractivity contribution is 0.953. The molecule has 6 heteroatoms. The van der Waals surface area contributed by atoms with Crippen molar-refractivity contribution >= 4 is 38.1 Å². The molecule has 4 aromatic heterocycles. The Bertz CT molecular complexity index is 3170. The van der Waals surface area contributed by atoms with Crippen molar-refractivity contribution in [2.75, 3.05) is 0 Å². The number of rotatable bonds is 6. The summed E-state index contributed by atoms with van der Waals surface area (Å²) in [4.78, 5) is 15.3. The average Bonchev–Trinajstić information content (AvgIpc) is 3.85. The summed E-state index contributed by atoms with van der Waals surface area (Å²) in [5.74, 6) is 1.79. The first-order valence-electron chi connectivity index (χ1n) is 18.7. The largest absolute Gasteiger partial charge is 0.278 e. The predicted octanol–water partition coefficient (Wildman–Crippen LogP) is 12.1. The third-order valence-corrected chi connectivity index (χ3v) is 10.6. The van der Waals surface area contributed by atoms with Crippen LogP contribution in [0.25, 0.3) is 100 Å². The van der Waals surface area contributed by atoms with Gasteiger partial charge in [-0.05, 0) is 29.1 Å². The molecule has 0 saturated carbocycles. The molecule has 0 unspecified atom stereocenters. The summed E-state index contributed by atoms with van der Waals surface area (Å²) in [5.41, 5.74) is 11.3. The van der Waals surface area contributed by atoms with Gasteiger partial charge in [0.2, 0.25) is 5.95 Å². The second-order valence-corrected chi connectivity index (χ2v) is 13.9. The van der Waals surface area contributed by atoms with Crippen LogP contribution in [0.15, 0.2) is 194 Å². The highest BCUT2D eigenvalue weighted by atomic mass is 15.2. The van der Waals surface area contributed by atoms with Gasteiger partial charge in [-0.2, -0.15) is 15.1 Å². The van der Waals surface area contributed by atoms with Gasteiger partial charge in [0.25, 0.3) is 0 Å². The Hall–Kier alpha value is -7.70. The van der Waals surface area contributed by atoms with Crippen LogP contribution in [-0.2, 0) is 0 Å². The van der Waals surface area contributed by atoms with Gasteiger partial charge < -0.3 is 0 Å². The number of pyridine rings is 1. The van der Waals surface area contributed by atoms with Crippen molar-refractivity contribution in [3.8, 4) is 62.4 Å². The first-order valence-corrected chi connectivity index (χ1v) is 18.7. The number of hydrogen-bond acceptors (Lipinski definition) is 4. The van der Waals surface area contributed by atoms with E-state index >= 15 is 0 Å². The van der Waals surface area contributed by atoms with E-state index in [0.29, 0.717) is 17.6 Å². The smallest absolute Gasteiger partial charge is 0.238 e. The molecule has 11 aromatic rings. The fraction of sp³-hybridized carbons (Fsp3) is 0. The summed E-state index contributed by atoms with van der Waals surface area (Å²) >= 11 is 0. The number of aromatic nitrogens is 6. The van der Waals surface area contributed by atoms with Gasteiger partial charge in [0, 0.05) is 44.0 Å². The van der Waals surface area contributed by atoms with Crippen molar-refractivity contribution in [3.05, 3.63) is 194 Å². The molecular formula is C50H32N6. The molecule has 0 spiro atoms. The maximum absolute atomic E-state index is 5.38. The SMILES string of the molecule is c1ccc(-c2nc(-c3ccc(-c4cc5ccccc5c5c(-c6ccccc6)c(-c6ccccc6)nn45)cc3)nc(-n3c4ccccc4c4ccccc43)n2)cc1. The fourth-order valence-corrected chi connectivity index (χ4v) is 8.01. The second kappa shape index (κ2) is 13.0. The maximum Gasteiger partial charge on any atom is 0.238 e. The fourth-order valence-electron chi connectivity index (χ4n) is 8.01. The van der Waals surface area contributed by atoms with Crippen LogP contribution < -0.4 is 0 Å². The van der Waals surface area contributed by atoms with E-state index in [0.717, 1.165) is 82.9 Å². The van der Waals surface area contributed by atoms with Crippen molar-refractivity contribution in [2.24, 2.45) is 0 Å². The Kier molecular flexibility index (Phi) is 7.38. The topological polar surface area (TPSA) is 60.9 Å². The molecule has 56 heavy (non-hydrogen) atoms. The van der Waals surface area contributed by atoms with Gasteiger partial charge in [0.15, 0.2) is 11.6 Å². The van der Waals surface area contributed by atoms with E-state index in [4.69, 9.17) is 20.1 Å². The second-order valence-electron chi connectivity index (χ2n) is 13.9. The third-order valence-electron chi connectivity index (χ3n) is 10.6. The molecule has 11 rings (SSSR count). The zero-order chi connectivity index (χ0) is 37.0. The molecule has 0 atom stereocenters. The van der Waals surface area contributed by atoms with Crippen LogP contribution in [0.2, 0.25) is 0 Å². The van der Waals surface area contributed by atoms with Crippen molar-refractivity contribution in [1.29, 1.82) is 0 Å². The van der Waals surface area contributed by atoms with Gasteiger partial charge >= 0.3 is 0 Å². The predicted molar refractivity (Wildman–Crippen MR) is 228 cm³/mol. The number of para-hydroxylation sites is 2. The standard InChI is InChI=1S/C50H32N6/c1-4-16-34(17-5-1)45-46(35-18-6-2-7-19-35)54-56-44(32-38-22-10-11-23-39(38)47(45)56)33-28-30-37(31-29-33)49-51-48(36-20-8-3-9-21-36)52-50(53-49)55-42-26-14-12-24-40(42)41-25-13-15-27-43(41)55/h1-32H. The van der Waals surface area contributed by atoms with Crippen LogP contribution in [-0.4, -0.2) is 29.1 Å². The first kappa shape index (κ1) is 31.8. The Balaban J connectivity index is 1.11. The zero-order valence-electron chi connectivity index (χ0n) is 30.2. The third kappa shape index (κ3) is 5.19. The van der Waals surface area contributed by atoms with Crippen LogP contribution in [0.3, 0.4) is 0 Å². The van der Waals surface area contributed by atoms with Crippen LogP contribution in [0.5, 0.6) is 0 Å². The molecule has 0 bridgehead atoms. The Morgan fingerprint density at radius 2 is 0.857 bits per heavy atom. The Morgan fingerprint density at radius 1 is 0.375 bits per heavy atom. The Morgan fingerprint density at radius 3 is 1.48 bits per heavy atom. The van der Waals surface area contributed by atoms with Gasteiger partial charge in [-0.25, -0.2) is 9.50 Å². The molecule has 262 valence electrons. The normalized spacial score (nSPS) is 11.6. The van der Waals surface area contributed by atoms with E-state index in [2.05, 4.69) is 167 Å². The lowest BCUT2D eigenvalue weighted by atomic mass is 9.97. The molecule has 0 aliphatic carbocycles. The molecule has 4 heterocycles. The van der Waals surface area contributed by atoms with Crippen molar-refractivity contribution < 1.29 is 0 Å². The summed E-state index contributed by atoms with van der Waals surface area (Å²) in [6.07, 6.45) is 0. The summed E-state index contributed by atoms with van der Waals surface area (Å²) in [6.45, 7) is 0. The Labute approximate surface area is 322 Å². The quantitative estimate of drug-likeness (QED) is 0.172.